The van der Waals surface area contributed by atoms with Crippen molar-refractivity contribution in [3.05, 3.63) is 41.1 Å². The predicted octanol–water partition coefficient (Wildman–Crippen LogP) is 1.84. The zero-order valence-electron chi connectivity index (χ0n) is 11.2. The third-order valence-electron chi connectivity index (χ3n) is 2.74. The van der Waals surface area contributed by atoms with Crippen molar-refractivity contribution in [1.29, 1.82) is 0 Å². The molecule has 1 aromatic heterocycles. The Balaban J connectivity index is 1.85. The Hall–Kier alpha value is -1.88. The quantitative estimate of drug-likeness (QED) is 0.860. The lowest BCUT2D eigenvalue weighted by molar-refractivity contribution is 0.277. The van der Waals surface area contributed by atoms with Gasteiger partial charge in [0.15, 0.2) is 0 Å². The molecule has 1 N–H and O–H groups in total. The molecule has 0 aliphatic rings. The number of hydrogen-bond donors (Lipinski definition) is 1. The van der Waals surface area contributed by atoms with Gasteiger partial charge >= 0.3 is 0 Å². The van der Waals surface area contributed by atoms with Crippen LogP contribution in [0.25, 0.3) is 0 Å². The molecular formula is C14H18N2O3. The van der Waals surface area contributed by atoms with E-state index in [4.69, 9.17) is 14.3 Å². The lowest BCUT2D eigenvalue weighted by atomic mass is 10.1. The fraction of sp³-hybridized carbons (Fsp3) is 0.429. The first kappa shape index (κ1) is 13.5. The van der Waals surface area contributed by atoms with Gasteiger partial charge in [0.2, 0.25) is 11.8 Å². The van der Waals surface area contributed by atoms with E-state index in [0.29, 0.717) is 31.2 Å². The van der Waals surface area contributed by atoms with E-state index >= 15 is 0 Å². The number of ether oxygens (including phenoxy) is 1. The van der Waals surface area contributed by atoms with Crippen molar-refractivity contribution in [3.8, 4) is 5.75 Å². The molecule has 0 saturated heterocycles. The van der Waals surface area contributed by atoms with Gasteiger partial charge in [-0.1, -0.05) is 17.7 Å². The fourth-order valence-electron chi connectivity index (χ4n) is 1.80. The van der Waals surface area contributed by atoms with Crippen LogP contribution in [0.3, 0.4) is 0 Å². The van der Waals surface area contributed by atoms with Crippen LogP contribution >= 0.6 is 0 Å². The Morgan fingerprint density at radius 2 is 1.89 bits per heavy atom. The molecule has 5 nitrogen and oxygen atoms in total. The maximum atomic E-state index is 8.75. The summed E-state index contributed by atoms with van der Waals surface area (Å²) in [5.74, 6) is 1.87. The SMILES string of the molecule is Cc1ccc(OCCc2nnc(CCO)o2)c(C)c1. The first-order chi connectivity index (χ1) is 9.19. The van der Waals surface area contributed by atoms with Crippen molar-refractivity contribution in [2.75, 3.05) is 13.2 Å². The molecule has 2 aromatic rings. The summed E-state index contributed by atoms with van der Waals surface area (Å²) in [4.78, 5) is 0. The molecular weight excluding hydrogens is 244 g/mol. The van der Waals surface area contributed by atoms with E-state index in [9.17, 15) is 0 Å². The van der Waals surface area contributed by atoms with Crippen LogP contribution in [0.1, 0.15) is 22.9 Å². The molecule has 102 valence electrons. The minimum atomic E-state index is 0.0146. The van der Waals surface area contributed by atoms with Crippen LogP contribution in [0.5, 0.6) is 5.75 Å². The van der Waals surface area contributed by atoms with E-state index in [1.165, 1.54) is 5.56 Å². The highest BCUT2D eigenvalue weighted by Gasteiger charge is 2.06. The molecule has 1 heterocycles. The maximum Gasteiger partial charge on any atom is 0.219 e. The highest BCUT2D eigenvalue weighted by molar-refractivity contribution is 5.35. The molecule has 0 radical (unpaired) electrons. The smallest absolute Gasteiger partial charge is 0.219 e. The van der Waals surface area contributed by atoms with Gasteiger partial charge in [0, 0.05) is 6.42 Å². The van der Waals surface area contributed by atoms with E-state index in [2.05, 4.69) is 23.2 Å². The Bertz CT molecular complexity index is 537. The highest BCUT2D eigenvalue weighted by atomic mass is 16.5. The van der Waals surface area contributed by atoms with E-state index in [1.54, 1.807) is 0 Å². The van der Waals surface area contributed by atoms with Gasteiger partial charge < -0.3 is 14.3 Å². The van der Waals surface area contributed by atoms with E-state index < -0.39 is 0 Å². The average molecular weight is 262 g/mol. The molecule has 0 amide bonds. The summed E-state index contributed by atoms with van der Waals surface area (Å²) in [7, 11) is 0. The van der Waals surface area contributed by atoms with E-state index in [0.717, 1.165) is 11.3 Å². The molecule has 0 saturated carbocycles. The highest BCUT2D eigenvalue weighted by Crippen LogP contribution is 2.18. The van der Waals surface area contributed by atoms with Crippen LogP contribution < -0.4 is 4.74 Å². The molecule has 0 aliphatic heterocycles. The summed E-state index contributed by atoms with van der Waals surface area (Å²) in [6, 6.07) is 6.07. The molecule has 0 bridgehead atoms. The van der Waals surface area contributed by atoms with Gasteiger partial charge in [-0.3, -0.25) is 0 Å². The molecule has 0 fully saturated rings. The first-order valence-electron chi connectivity index (χ1n) is 6.31. The van der Waals surface area contributed by atoms with Gasteiger partial charge in [-0.25, -0.2) is 0 Å². The van der Waals surface area contributed by atoms with Crippen LogP contribution in [0.15, 0.2) is 22.6 Å². The Morgan fingerprint density at radius 1 is 1.16 bits per heavy atom. The van der Waals surface area contributed by atoms with Gasteiger partial charge in [-0.15, -0.1) is 10.2 Å². The molecule has 19 heavy (non-hydrogen) atoms. The summed E-state index contributed by atoms with van der Waals surface area (Å²) >= 11 is 0. The minimum Gasteiger partial charge on any atom is -0.493 e. The third kappa shape index (κ3) is 3.79. The number of rotatable bonds is 6. The number of aliphatic hydroxyl groups is 1. The topological polar surface area (TPSA) is 68.4 Å². The van der Waals surface area contributed by atoms with Crippen molar-refractivity contribution < 1.29 is 14.3 Å². The normalized spacial score (nSPS) is 10.7. The molecule has 5 heteroatoms. The summed E-state index contributed by atoms with van der Waals surface area (Å²) in [6.45, 7) is 4.58. The number of aliphatic hydroxyl groups excluding tert-OH is 1. The maximum absolute atomic E-state index is 8.75. The average Bonchev–Trinajstić information content (AvgIpc) is 2.80. The number of benzene rings is 1. The lowest BCUT2D eigenvalue weighted by Crippen LogP contribution is -2.02. The van der Waals surface area contributed by atoms with Gasteiger partial charge in [-0.2, -0.15) is 0 Å². The van der Waals surface area contributed by atoms with Crippen LogP contribution in [0, 0.1) is 13.8 Å². The predicted molar refractivity (Wildman–Crippen MR) is 70.2 cm³/mol. The zero-order chi connectivity index (χ0) is 13.7. The number of aryl methyl sites for hydroxylation is 2. The fourth-order valence-corrected chi connectivity index (χ4v) is 1.80. The van der Waals surface area contributed by atoms with Crippen molar-refractivity contribution >= 4 is 0 Å². The first-order valence-corrected chi connectivity index (χ1v) is 6.31. The summed E-state index contributed by atoms with van der Waals surface area (Å²) < 4.78 is 11.0. The molecule has 0 unspecified atom stereocenters. The molecule has 0 aliphatic carbocycles. The van der Waals surface area contributed by atoms with Crippen molar-refractivity contribution in [2.45, 2.75) is 26.7 Å². The molecule has 1 aromatic carbocycles. The van der Waals surface area contributed by atoms with Crippen LogP contribution in [-0.2, 0) is 12.8 Å². The number of hydrogen-bond acceptors (Lipinski definition) is 5. The van der Waals surface area contributed by atoms with Crippen molar-refractivity contribution in [1.82, 2.24) is 10.2 Å². The van der Waals surface area contributed by atoms with Crippen molar-refractivity contribution in [2.24, 2.45) is 0 Å². The second-order valence-corrected chi connectivity index (χ2v) is 4.43. The Labute approximate surface area is 112 Å². The standard InChI is InChI=1S/C14H18N2O3/c1-10-3-4-12(11(2)9-10)18-8-6-14-16-15-13(19-14)5-7-17/h3-4,9,17H,5-8H2,1-2H3. The molecule has 0 atom stereocenters. The van der Waals surface area contributed by atoms with Gasteiger partial charge in [0.1, 0.15) is 5.75 Å². The second-order valence-electron chi connectivity index (χ2n) is 4.43. The van der Waals surface area contributed by atoms with Crippen molar-refractivity contribution in [3.63, 3.8) is 0 Å². The molecule has 2 rings (SSSR count). The minimum absolute atomic E-state index is 0.0146. The second kappa shape index (κ2) is 6.33. The number of aromatic nitrogens is 2. The van der Waals surface area contributed by atoms with Gasteiger partial charge in [0.25, 0.3) is 0 Å². The van der Waals surface area contributed by atoms with Crippen LogP contribution in [0.2, 0.25) is 0 Å². The summed E-state index contributed by atoms with van der Waals surface area (Å²) in [6.07, 6.45) is 0.955. The van der Waals surface area contributed by atoms with Crippen LogP contribution in [0.4, 0.5) is 0 Å². The van der Waals surface area contributed by atoms with Gasteiger partial charge in [-0.05, 0) is 25.5 Å². The van der Waals surface area contributed by atoms with E-state index in [-0.39, 0.29) is 6.61 Å². The Kier molecular flexibility index (Phi) is 4.52. The molecule has 0 spiro atoms. The van der Waals surface area contributed by atoms with E-state index in [1.807, 2.05) is 19.1 Å². The summed E-state index contributed by atoms with van der Waals surface area (Å²) in [5, 5.41) is 16.5. The third-order valence-corrected chi connectivity index (χ3v) is 2.74. The van der Waals surface area contributed by atoms with Crippen LogP contribution in [-0.4, -0.2) is 28.5 Å². The summed E-state index contributed by atoms with van der Waals surface area (Å²) in [5.41, 5.74) is 2.34. The largest absolute Gasteiger partial charge is 0.493 e. The zero-order valence-corrected chi connectivity index (χ0v) is 11.2. The number of nitrogens with zero attached hydrogens (tertiary/aromatic N) is 2. The monoisotopic (exact) mass is 262 g/mol. The van der Waals surface area contributed by atoms with Gasteiger partial charge in [0.05, 0.1) is 19.6 Å². The Morgan fingerprint density at radius 3 is 2.58 bits per heavy atom. The lowest BCUT2D eigenvalue weighted by Gasteiger charge is -2.08.